The third kappa shape index (κ3) is 5.45. The molecule has 0 atom stereocenters. The topological polar surface area (TPSA) is 86.5 Å². The van der Waals surface area contributed by atoms with Crippen LogP contribution in [0.4, 0.5) is 0 Å². The van der Waals surface area contributed by atoms with Crippen LogP contribution in [0.5, 0.6) is 17.4 Å². The van der Waals surface area contributed by atoms with Gasteiger partial charge in [0.2, 0.25) is 11.8 Å². The van der Waals surface area contributed by atoms with Crippen molar-refractivity contribution in [2.45, 2.75) is 45.1 Å². The molecule has 2 aromatic rings. The maximum absolute atomic E-state index is 12.5. The summed E-state index contributed by atoms with van der Waals surface area (Å²) in [5.41, 5.74) is 6.91. The van der Waals surface area contributed by atoms with E-state index < -0.39 is 0 Å². The number of rotatable bonds is 8. The van der Waals surface area contributed by atoms with Gasteiger partial charge in [0.1, 0.15) is 11.5 Å². The van der Waals surface area contributed by atoms with E-state index in [1.165, 1.54) is 19.3 Å². The number of nitrogens with one attached hydrogen (secondary N) is 1. The highest BCUT2D eigenvalue weighted by Gasteiger charge is 2.32. The van der Waals surface area contributed by atoms with E-state index >= 15 is 0 Å². The number of carbonyl (C=O) groups is 1. The van der Waals surface area contributed by atoms with Gasteiger partial charge in [-0.05, 0) is 60.7 Å². The van der Waals surface area contributed by atoms with Crippen molar-refractivity contribution in [2.75, 3.05) is 13.7 Å². The Labute approximate surface area is 166 Å². The molecule has 1 amide bonds. The van der Waals surface area contributed by atoms with E-state index in [1.54, 1.807) is 13.3 Å². The summed E-state index contributed by atoms with van der Waals surface area (Å²) in [7, 11) is 1.62. The summed E-state index contributed by atoms with van der Waals surface area (Å²) in [6, 6.07) is 11.0. The summed E-state index contributed by atoms with van der Waals surface area (Å²) in [5, 5.41) is 3.02. The van der Waals surface area contributed by atoms with Crippen LogP contribution >= 0.6 is 0 Å². The molecule has 0 radical (unpaired) electrons. The summed E-state index contributed by atoms with van der Waals surface area (Å²) in [5.74, 6) is 1.99. The van der Waals surface area contributed by atoms with Gasteiger partial charge in [-0.15, -0.1) is 0 Å². The third-order valence-electron chi connectivity index (χ3n) is 5.45. The fraction of sp³-hybridized carbons (Fsp3) is 0.455. The molecule has 28 heavy (non-hydrogen) atoms. The van der Waals surface area contributed by atoms with Gasteiger partial charge in [0.25, 0.3) is 0 Å². The van der Waals surface area contributed by atoms with Gasteiger partial charge in [-0.3, -0.25) is 4.79 Å². The summed E-state index contributed by atoms with van der Waals surface area (Å²) < 4.78 is 10.9. The number of aromatic nitrogens is 1. The largest absolute Gasteiger partial charge is 0.497 e. The first-order valence-electron chi connectivity index (χ1n) is 9.86. The molecule has 3 N–H and O–H groups in total. The monoisotopic (exact) mass is 383 g/mol. The molecular formula is C22H29N3O3. The molecule has 6 heteroatoms. The van der Waals surface area contributed by atoms with E-state index in [1.807, 2.05) is 36.4 Å². The zero-order valence-electron chi connectivity index (χ0n) is 16.4. The van der Waals surface area contributed by atoms with Crippen LogP contribution in [-0.4, -0.2) is 24.5 Å². The molecule has 1 aromatic carbocycles. The lowest BCUT2D eigenvalue weighted by atomic mass is 9.71. The van der Waals surface area contributed by atoms with Crippen LogP contribution in [0.25, 0.3) is 0 Å². The molecule has 1 aliphatic carbocycles. The smallest absolute Gasteiger partial charge is 0.220 e. The lowest BCUT2D eigenvalue weighted by molar-refractivity contribution is -0.124. The van der Waals surface area contributed by atoms with Crippen molar-refractivity contribution in [3.63, 3.8) is 0 Å². The molecule has 1 saturated carbocycles. The van der Waals surface area contributed by atoms with Crippen molar-refractivity contribution >= 4 is 5.91 Å². The van der Waals surface area contributed by atoms with Crippen molar-refractivity contribution in [3.8, 4) is 17.4 Å². The highest BCUT2D eigenvalue weighted by Crippen LogP contribution is 2.38. The number of hydrogen-bond acceptors (Lipinski definition) is 5. The number of carbonyl (C=O) groups excluding carboxylic acids is 1. The van der Waals surface area contributed by atoms with Crippen molar-refractivity contribution in [1.29, 1.82) is 0 Å². The van der Waals surface area contributed by atoms with Crippen molar-refractivity contribution in [1.82, 2.24) is 10.3 Å². The third-order valence-corrected chi connectivity index (χ3v) is 5.45. The predicted molar refractivity (Wildman–Crippen MR) is 108 cm³/mol. The van der Waals surface area contributed by atoms with Gasteiger partial charge in [0, 0.05) is 25.2 Å². The Balaban J connectivity index is 1.54. The Bertz CT molecular complexity index is 771. The second-order valence-electron chi connectivity index (χ2n) is 7.50. The van der Waals surface area contributed by atoms with Gasteiger partial charge < -0.3 is 20.5 Å². The molecule has 0 spiro atoms. The summed E-state index contributed by atoms with van der Waals surface area (Å²) in [6.07, 6.45) is 7.86. The SMILES string of the molecule is COc1ccc(Oc2cc(CNC(=O)CC3(CN)CCCCC3)ccn2)cc1. The molecule has 0 aliphatic heterocycles. The number of nitrogens with two attached hydrogens (primary N) is 1. The Morgan fingerprint density at radius 1 is 1.14 bits per heavy atom. The van der Waals surface area contributed by atoms with Crippen LogP contribution in [-0.2, 0) is 11.3 Å². The molecular weight excluding hydrogens is 354 g/mol. The fourth-order valence-electron chi connectivity index (χ4n) is 3.74. The summed E-state index contributed by atoms with van der Waals surface area (Å²) in [4.78, 5) is 16.7. The Kier molecular flexibility index (Phi) is 6.87. The van der Waals surface area contributed by atoms with Gasteiger partial charge >= 0.3 is 0 Å². The van der Waals surface area contributed by atoms with E-state index in [-0.39, 0.29) is 11.3 Å². The van der Waals surface area contributed by atoms with Gasteiger partial charge in [0.05, 0.1) is 7.11 Å². The number of benzene rings is 1. The highest BCUT2D eigenvalue weighted by atomic mass is 16.5. The van der Waals surface area contributed by atoms with E-state index in [0.29, 0.717) is 31.1 Å². The maximum Gasteiger partial charge on any atom is 0.220 e. The molecule has 0 bridgehead atoms. The van der Waals surface area contributed by atoms with Crippen molar-refractivity contribution in [3.05, 3.63) is 48.2 Å². The number of methoxy groups -OCH3 is 1. The van der Waals surface area contributed by atoms with E-state index in [0.717, 1.165) is 24.2 Å². The average molecular weight is 383 g/mol. The molecule has 0 saturated heterocycles. The highest BCUT2D eigenvalue weighted by molar-refractivity contribution is 5.76. The lowest BCUT2D eigenvalue weighted by Crippen LogP contribution is -2.38. The minimum Gasteiger partial charge on any atom is -0.497 e. The van der Waals surface area contributed by atoms with Gasteiger partial charge in [0.15, 0.2) is 0 Å². The Hall–Kier alpha value is -2.60. The Morgan fingerprint density at radius 3 is 2.54 bits per heavy atom. The van der Waals surface area contributed by atoms with Crippen LogP contribution in [0.1, 0.15) is 44.1 Å². The Morgan fingerprint density at radius 2 is 1.86 bits per heavy atom. The molecule has 150 valence electrons. The normalized spacial score (nSPS) is 15.6. The number of hydrogen-bond donors (Lipinski definition) is 2. The van der Waals surface area contributed by atoms with E-state index in [4.69, 9.17) is 15.2 Å². The average Bonchev–Trinajstić information content (AvgIpc) is 2.74. The number of ether oxygens (including phenoxy) is 2. The standard InChI is InChI=1S/C22H29N3O3/c1-27-18-5-7-19(8-6-18)28-21-13-17(9-12-24-21)15-25-20(26)14-22(16-23)10-3-2-4-11-22/h5-9,12-13H,2-4,10-11,14-16,23H2,1H3,(H,25,26). The molecule has 0 unspecified atom stereocenters. The van der Waals surface area contributed by atoms with Gasteiger partial charge in [-0.2, -0.15) is 0 Å². The second-order valence-corrected chi connectivity index (χ2v) is 7.50. The summed E-state index contributed by atoms with van der Waals surface area (Å²) in [6.45, 7) is 1.02. The zero-order valence-corrected chi connectivity index (χ0v) is 16.4. The first kappa shape index (κ1) is 20.1. The van der Waals surface area contributed by atoms with Crippen LogP contribution in [0.3, 0.4) is 0 Å². The summed E-state index contributed by atoms with van der Waals surface area (Å²) >= 11 is 0. The molecule has 1 aliphatic rings. The van der Waals surface area contributed by atoms with Gasteiger partial charge in [-0.25, -0.2) is 4.98 Å². The van der Waals surface area contributed by atoms with Crippen LogP contribution in [0.15, 0.2) is 42.6 Å². The fourth-order valence-corrected chi connectivity index (χ4v) is 3.74. The molecule has 1 fully saturated rings. The van der Waals surface area contributed by atoms with Crippen molar-refractivity contribution in [2.24, 2.45) is 11.1 Å². The number of nitrogens with zero attached hydrogens (tertiary/aromatic N) is 1. The van der Waals surface area contributed by atoms with Crippen molar-refractivity contribution < 1.29 is 14.3 Å². The minimum atomic E-state index is -0.0246. The van der Waals surface area contributed by atoms with Crippen LogP contribution in [0.2, 0.25) is 0 Å². The van der Waals surface area contributed by atoms with Crippen LogP contribution in [0, 0.1) is 5.41 Å². The minimum absolute atomic E-state index is 0.0246. The lowest BCUT2D eigenvalue weighted by Gasteiger charge is -2.35. The van der Waals surface area contributed by atoms with Gasteiger partial charge in [-0.1, -0.05) is 19.3 Å². The zero-order chi connectivity index (χ0) is 19.8. The van der Waals surface area contributed by atoms with Crippen LogP contribution < -0.4 is 20.5 Å². The maximum atomic E-state index is 12.5. The first-order valence-corrected chi connectivity index (χ1v) is 9.86. The second kappa shape index (κ2) is 9.55. The quantitative estimate of drug-likeness (QED) is 0.724. The van der Waals surface area contributed by atoms with E-state index in [2.05, 4.69) is 10.3 Å². The first-order chi connectivity index (χ1) is 13.6. The molecule has 6 nitrogen and oxygen atoms in total. The molecule has 3 rings (SSSR count). The predicted octanol–water partition coefficient (Wildman–Crippen LogP) is 3.80. The molecule has 1 aromatic heterocycles. The molecule has 1 heterocycles. The number of pyridine rings is 1. The van der Waals surface area contributed by atoms with E-state index in [9.17, 15) is 4.79 Å². The number of amides is 1.